The molecule has 3 fully saturated rings. The minimum Gasteiger partial charge on any atom is -0.487 e. The van der Waals surface area contributed by atoms with Crippen LogP contribution in [0.1, 0.15) is 72.6 Å². The number of nitrogens with zero attached hydrogens (tertiary/aromatic N) is 1. The lowest BCUT2D eigenvalue weighted by molar-refractivity contribution is -0.130. The van der Waals surface area contributed by atoms with E-state index >= 15 is 0 Å². The van der Waals surface area contributed by atoms with Crippen molar-refractivity contribution in [1.29, 1.82) is 0 Å². The molecule has 0 amide bonds. The van der Waals surface area contributed by atoms with Crippen LogP contribution < -0.4 is 4.74 Å². The molecule has 2 aromatic rings. The molecule has 1 aromatic heterocycles. The highest BCUT2D eigenvalue weighted by Gasteiger charge is 2.42. The maximum atomic E-state index is 12.1. The Hall–Kier alpha value is -2.14. The number of ether oxygens (including phenoxy) is 2. The van der Waals surface area contributed by atoms with Crippen LogP contribution in [0.2, 0.25) is 0 Å². The van der Waals surface area contributed by atoms with Gasteiger partial charge in [-0.3, -0.25) is 4.79 Å². The number of para-hydroxylation sites is 1. The molecule has 0 unspecified atom stereocenters. The summed E-state index contributed by atoms with van der Waals surface area (Å²) in [6, 6.07) is 6.16. The lowest BCUT2D eigenvalue weighted by Crippen LogP contribution is -2.31. The largest absolute Gasteiger partial charge is 0.487 e. The Balaban J connectivity index is 1.29. The van der Waals surface area contributed by atoms with Gasteiger partial charge in [0.25, 0.3) is 0 Å². The Morgan fingerprint density at radius 3 is 2.31 bits per heavy atom. The second-order valence-corrected chi connectivity index (χ2v) is 9.03. The van der Waals surface area contributed by atoms with E-state index in [1.54, 1.807) is 0 Å². The Morgan fingerprint density at radius 1 is 1.00 bits per heavy atom. The van der Waals surface area contributed by atoms with E-state index in [1.807, 2.05) is 6.07 Å². The molecule has 3 saturated carbocycles. The van der Waals surface area contributed by atoms with Crippen LogP contribution in [0.5, 0.6) is 5.75 Å². The molecule has 154 valence electrons. The van der Waals surface area contributed by atoms with Gasteiger partial charge in [0.15, 0.2) is 0 Å². The van der Waals surface area contributed by atoms with Crippen LogP contribution >= 0.6 is 0 Å². The lowest BCUT2D eigenvalue weighted by Gasteiger charge is -2.26. The first-order chi connectivity index (χ1) is 14.1. The second-order valence-electron chi connectivity index (χ2n) is 9.03. The van der Waals surface area contributed by atoms with Crippen molar-refractivity contribution in [2.45, 2.75) is 77.6 Å². The number of carbonyl (C=O) groups is 1. The first-order valence-corrected chi connectivity index (χ1v) is 10.9. The van der Waals surface area contributed by atoms with Gasteiger partial charge in [0.05, 0.1) is 12.7 Å². The average Bonchev–Trinajstić information content (AvgIpc) is 3.44. The smallest absolute Gasteiger partial charge is 0.145 e. The van der Waals surface area contributed by atoms with Crippen molar-refractivity contribution in [2.24, 2.45) is 11.8 Å². The molecule has 2 bridgehead atoms. The van der Waals surface area contributed by atoms with Crippen molar-refractivity contribution in [3.8, 4) is 5.75 Å². The Morgan fingerprint density at radius 2 is 1.66 bits per heavy atom. The fraction of sp³-hybridized carbons (Fsp3) is 0.583. The summed E-state index contributed by atoms with van der Waals surface area (Å²) in [5.74, 6) is 3.26. The van der Waals surface area contributed by atoms with E-state index in [1.165, 1.54) is 0 Å². The van der Waals surface area contributed by atoms with Crippen LogP contribution in [0.25, 0.3) is 0 Å². The highest BCUT2D eigenvalue weighted by atomic mass is 16.5. The van der Waals surface area contributed by atoms with Gasteiger partial charge in [0.2, 0.25) is 0 Å². The predicted octanol–water partition coefficient (Wildman–Crippen LogP) is 5.02. The van der Waals surface area contributed by atoms with Gasteiger partial charge in [-0.25, -0.2) is 0 Å². The molecular weight excluding hydrogens is 366 g/mol. The minimum absolute atomic E-state index is 0.166. The number of hydrogen-bond donors (Lipinski definition) is 0. The van der Waals surface area contributed by atoms with Crippen molar-refractivity contribution in [2.75, 3.05) is 0 Å². The first-order valence-electron chi connectivity index (χ1n) is 10.9. The fourth-order valence-electron chi connectivity index (χ4n) is 5.01. The van der Waals surface area contributed by atoms with Crippen molar-refractivity contribution in [3.05, 3.63) is 46.3 Å². The molecule has 5 heteroatoms. The summed E-state index contributed by atoms with van der Waals surface area (Å²) in [5, 5.41) is 4.34. The van der Waals surface area contributed by atoms with Gasteiger partial charge in [0.1, 0.15) is 29.6 Å². The van der Waals surface area contributed by atoms with E-state index in [9.17, 15) is 4.79 Å². The normalized spacial score (nSPS) is 26.1. The van der Waals surface area contributed by atoms with Crippen molar-refractivity contribution in [1.82, 2.24) is 5.16 Å². The fourth-order valence-corrected chi connectivity index (χ4v) is 5.01. The van der Waals surface area contributed by atoms with Crippen LogP contribution in [0.4, 0.5) is 0 Å². The number of ketones is 1. The zero-order valence-electron chi connectivity index (χ0n) is 17.3. The SMILES string of the molecule is Cc1cccc(C)c1OCc1noc(C2CC2)c1CO[C@@H]1C[C@H]2CC[C@@H](C1)C2=O. The van der Waals surface area contributed by atoms with E-state index in [-0.39, 0.29) is 17.9 Å². The molecular formula is C24H29NO4. The number of aryl methyl sites for hydroxylation is 2. The van der Waals surface area contributed by atoms with Gasteiger partial charge in [-0.15, -0.1) is 0 Å². The molecule has 5 nitrogen and oxygen atoms in total. The van der Waals surface area contributed by atoms with E-state index < -0.39 is 0 Å². The van der Waals surface area contributed by atoms with Gasteiger partial charge < -0.3 is 14.0 Å². The van der Waals surface area contributed by atoms with Crippen LogP contribution in [0.3, 0.4) is 0 Å². The van der Waals surface area contributed by atoms with Crippen LogP contribution in [0.15, 0.2) is 22.7 Å². The highest BCUT2D eigenvalue weighted by Crippen LogP contribution is 2.44. The van der Waals surface area contributed by atoms with Crippen LogP contribution in [-0.4, -0.2) is 17.0 Å². The van der Waals surface area contributed by atoms with Gasteiger partial charge in [-0.2, -0.15) is 0 Å². The number of carbonyl (C=O) groups excluding carboxylic acids is 1. The first kappa shape index (κ1) is 18.9. The van der Waals surface area contributed by atoms with E-state index in [0.29, 0.717) is 24.9 Å². The van der Waals surface area contributed by atoms with E-state index in [0.717, 1.165) is 72.4 Å². The monoisotopic (exact) mass is 395 g/mol. The summed E-state index contributed by atoms with van der Waals surface area (Å²) < 4.78 is 18.2. The summed E-state index contributed by atoms with van der Waals surface area (Å²) in [6.45, 7) is 5.00. The molecule has 1 aromatic carbocycles. The molecule has 3 atom stereocenters. The third kappa shape index (κ3) is 3.73. The number of Topliss-reactive ketones (excluding diaryl/α,β-unsaturated/α-hetero) is 1. The number of rotatable bonds is 7. The Kier molecular flexibility index (Phi) is 4.94. The summed E-state index contributed by atoms with van der Waals surface area (Å²) in [7, 11) is 0. The zero-order valence-corrected chi connectivity index (χ0v) is 17.3. The van der Waals surface area contributed by atoms with E-state index in [4.69, 9.17) is 14.0 Å². The summed E-state index contributed by atoms with van der Waals surface area (Å²) >= 11 is 0. The molecule has 3 aliphatic rings. The Bertz CT molecular complexity index is 877. The molecule has 29 heavy (non-hydrogen) atoms. The molecule has 0 aliphatic heterocycles. The quantitative estimate of drug-likeness (QED) is 0.658. The highest BCUT2D eigenvalue weighted by molar-refractivity contribution is 5.86. The third-order valence-electron chi connectivity index (χ3n) is 6.84. The predicted molar refractivity (Wildman–Crippen MR) is 108 cm³/mol. The minimum atomic E-state index is 0.166. The molecule has 0 saturated heterocycles. The summed E-state index contributed by atoms with van der Waals surface area (Å²) in [5.41, 5.74) is 4.14. The molecule has 1 heterocycles. The molecule has 0 spiro atoms. The molecule has 3 aliphatic carbocycles. The molecule has 0 N–H and O–H groups in total. The van der Waals surface area contributed by atoms with Crippen LogP contribution in [0, 0.1) is 25.7 Å². The number of fused-ring (bicyclic) bond motifs is 2. The van der Waals surface area contributed by atoms with Gasteiger partial charge in [0, 0.05) is 23.3 Å². The van der Waals surface area contributed by atoms with Crippen molar-refractivity contribution >= 4 is 5.78 Å². The number of aromatic nitrogens is 1. The zero-order chi connectivity index (χ0) is 20.0. The third-order valence-corrected chi connectivity index (χ3v) is 6.84. The van der Waals surface area contributed by atoms with Crippen molar-refractivity contribution < 1.29 is 18.8 Å². The summed E-state index contributed by atoms with van der Waals surface area (Å²) in [6.07, 6.45) is 6.29. The van der Waals surface area contributed by atoms with Gasteiger partial charge >= 0.3 is 0 Å². The molecule has 0 radical (unpaired) electrons. The van der Waals surface area contributed by atoms with Gasteiger partial charge in [-0.1, -0.05) is 23.4 Å². The maximum absolute atomic E-state index is 12.1. The maximum Gasteiger partial charge on any atom is 0.145 e. The second kappa shape index (κ2) is 7.60. The molecule has 5 rings (SSSR count). The number of benzene rings is 1. The van der Waals surface area contributed by atoms with E-state index in [2.05, 4.69) is 31.1 Å². The average molecular weight is 395 g/mol. The van der Waals surface area contributed by atoms with Gasteiger partial charge in [-0.05, 0) is 63.5 Å². The lowest BCUT2D eigenvalue weighted by atomic mass is 9.86. The standard InChI is InChI=1S/C24H29NO4/c1-14-4-3-5-15(2)23(14)28-13-21-20(24(29-25-21)16-6-7-16)12-27-19-10-17-8-9-18(11-19)22(17)26/h3-5,16-19H,6-13H2,1-2H3/t17-,18+,19-. The topological polar surface area (TPSA) is 61.6 Å². The van der Waals surface area contributed by atoms with Crippen molar-refractivity contribution in [3.63, 3.8) is 0 Å². The number of hydrogen-bond acceptors (Lipinski definition) is 5. The van der Waals surface area contributed by atoms with Crippen LogP contribution in [-0.2, 0) is 22.7 Å². The Labute approximate surface area is 171 Å². The summed E-state index contributed by atoms with van der Waals surface area (Å²) in [4.78, 5) is 12.1.